The number of carbonyl (C=O) groups excluding carboxylic acids is 1. The van der Waals surface area contributed by atoms with Gasteiger partial charge < -0.3 is 10.3 Å². The fourth-order valence-corrected chi connectivity index (χ4v) is 3.15. The quantitative estimate of drug-likeness (QED) is 0.620. The summed E-state index contributed by atoms with van der Waals surface area (Å²) in [6, 6.07) is 7.60. The van der Waals surface area contributed by atoms with E-state index in [2.05, 4.69) is 15.1 Å². The molecule has 1 amide bonds. The van der Waals surface area contributed by atoms with Crippen molar-refractivity contribution in [2.75, 3.05) is 0 Å². The van der Waals surface area contributed by atoms with Crippen molar-refractivity contribution in [3.05, 3.63) is 47.6 Å². The zero-order chi connectivity index (χ0) is 17.7. The van der Waals surface area contributed by atoms with Gasteiger partial charge in [0.2, 0.25) is 17.6 Å². The number of nitrogens with zero attached hydrogens (tertiary/aromatic N) is 4. The lowest BCUT2D eigenvalue weighted by Gasteiger charge is -2.11. The summed E-state index contributed by atoms with van der Waals surface area (Å²) in [4.78, 5) is 21.0. The highest BCUT2D eigenvalue weighted by Crippen LogP contribution is 2.31. The maximum atomic E-state index is 12.1. The van der Waals surface area contributed by atoms with Gasteiger partial charge in [0.05, 0.1) is 16.6 Å². The topological polar surface area (TPSA) is 99.3 Å². The smallest absolute Gasteiger partial charge is 0.249 e. The van der Waals surface area contributed by atoms with E-state index < -0.39 is 5.91 Å². The zero-order valence-corrected chi connectivity index (χ0v) is 14.1. The minimum Gasteiger partial charge on any atom is -0.366 e. The third kappa shape index (κ3) is 2.20. The van der Waals surface area contributed by atoms with Crippen LogP contribution in [0.25, 0.3) is 27.9 Å². The summed E-state index contributed by atoms with van der Waals surface area (Å²) in [5.74, 6) is 0.599. The van der Waals surface area contributed by atoms with Gasteiger partial charge in [0, 0.05) is 11.3 Å². The number of aromatic nitrogens is 4. The van der Waals surface area contributed by atoms with Crippen LogP contribution >= 0.6 is 0 Å². The first kappa shape index (κ1) is 15.3. The summed E-state index contributed by atoms with van der Waals surface area (Å²) in [6.45, 7) is 5.82. The number of para-hydroxylation sites is 1. The van der Waals surface area contributed by atoms with Gasteiger partial charge in [-0.2, -0.15) is 4.98 Å². The van der Waals surface area contributed by atoms with Crippen molar-refractivity contribution in [3.63, 3.8) is 0 Å². The van der Waals surface area contributed by atoms with Gasteiger partial charge in [0.25, 0.3) is 0 Å². The van der Waals surface area contributed by atoms with Crippen LogP contribution < -0.4 is 5.73 Å². The highest BCUT2D eigenvalue weighted by molar-refractivity contribution is 6.09. The number of aryl methyl sites for hydroxylation is 1. The second-order valence-corrected chi connectivity index (χ2v) is 6.30. The molecule has 0 spiro atoms. The van der Waals surface area contributed by atoms with Crippen LogP contribution in [0.5, 0.6) is 0 Å². The highest BCUT2D eigenvalue weighted by atomic mass is 16.5. The third-order valence-electron chi connectivity index (χ3n) is 4.32. The van der Waals surface area contributed by atoms with Crippen molar-refractivity contribution < 1.29 is 9.32 Å². The molecule has 4 aromatic rings. The first-order chi connectivity index (χ1) is 12.0. The molecule has 0 aliphatic carbocycles. The zero-order valence-electron chi connectivity index (χ0n) is 14.1. The van der Waals surface area contributed by atoms with Crippen LogP contribution in [-0.4, -0.2) is 25.4 Å². The number of amides is 1. The lowest BCUT2D eigenvalue weighted by molar-refractivity contribution is 0.100. The molecule has 25 heavy (non-hydrogen) atoms. The number of carbonyl (C=O) groups is 1. The Hall–Kier alpha value is -3.22. The second kappa shape index (κ2) is 5.41. The molecule has 3 aromatic heterocycles. The molecular formula is C18H17N5O2. The first-order valence-corrected chi connectivity index (χ1v) is 8.01. The Kier molecular flexibility index (Phi) is 3.31. The van der Waals surface area contributed by atoms with Crippen molar-refractivity contribution >= 4 is 22.3 Å². The molecule has 4 rings (SSSR count). The van der Waals surface area contributed by atoms with Crippen LogP contribution in [0.15, 0.2) is 35.1 Å². The molecule has 0 radical (unpaired) electrons. The molecule has 0 fully saturated rings. The standard InChI is InChI=1S/C18H17N5O2/c1-9(2)18-21-17(22-25-18)14-15-10(3)13(16(19)24)11-6-4-5-7-12(11)23(15)8-20-14/h4-9H,1-3H3,(H2,19,24). The Balaban J connectivity index is 2.10. The minimum absolute atomic E-state index is 0.123. The number of fused-ring (bicyclic) bond motifs is 3. The number of imidazole rings is 1. The Bertz CT molecular complexity index is 1120. The van der Waals surface area contributed by atoms with Crippen molar-refractivity contribution in [1.82, 2.24) is 19.5 Å². The number of hydrogen-bond donors (Lipinski definition) is 1. The first-order valence-electron chi connectivity index (χ1n) is 8.01. The normalized spacial score (nSPS) is 11.7. The summed E-state index contributed by atoms with van der Waals surface area (Å²) in [6.07, 6.45) is 1.70. The van der Waals surface area contributed by atoms with Crippen molar-refractivity contribution in [2.45, 2.75) is 26.7 Å². The molecule has 1 aromatic carbocycles. The minimum atomic E-state index is -0.473. The molecule has 7 heteroatoms. The van der Waals surface area contributed by atoms with Crippen molar-refractivity contribution in [2.24, 2.45) is 5.73 Å². The molecule has 0 bridgehead atoms. The average Bonchev–Trinajstić information content (AvgIpc) is 3.22. The van der Waals surface area contributed by atoms with E-state index in [1.165, 1.54) is 0 Å². The summed E-state index contributed by atoms with van der Waals surface area (Å²) in [5, 5.41) is 4.84. The van der Waals surface area contributed by atoms with Crippen LogP contribution in [0.2, 0.25) is 0 Å². The summed E-state index contributed by atoms with van der Waals surface area (Å²) in [7, 11) is 0. The maximum absolute atomic E-state index is 12.1. The fourth-order valence-electron chi connectivity index (χ4n) is 3.15. The molecular weight excluding hydrogens is 318 g/mol. The van der Waals surface area contributed by atoms with Gasteiger partial charge in [-0.3, -0.25) is 9.20 Å². The van der Waals surface area contributed by atoms with Crippen LogP contribution in [-0.2, 0) is 0 Å². The van der Waals surface area contributed by atoms with Gasteiger partial charge in [-0.05, 0) is 18.6 Å². The Morgan fingerprint density at radius 2 is 2.04 bits per heavy atom. The van der Waals surface area contributed by atoms with E-state index in [1.54, 1.807) is 6.33 Å². The third-order valence-corrected chi connectivity index (χ3v) is 4.32. The van der Waals surface area contributed by atoms with Gasteiger partial charge in [0.1, 0.15) is 12.0 Å². The van der Waals surface area contributed by atoms with Crippen molar-refractivity contribution in [3.8, 4) is 11.5 Å². The van der Waals surface area contributed by atoms with Gasteiger partial charge in [0.15, 0.2) is 0 Å². The van der Waals surface area contributed by atoms with Gasteiger partial charge in [-0.25, -0.2) is 4.98 Å². The molecule has 0 unspecified atom stereocenters. The summed E-state index contributed by atoms with van der Waals surface area (Å²) < 4.78 is 7.23. The highest BCUT2D eigenvalue weighted by Gasteiger charge is 2.22. The summed E-state index contributed by atoms with van der Waals surface area (Å²) >= 11 is 0. The molecule has 0 saturated carbocycles. The number of pyridine rings is 1. The van der Waals surface area contributed by atoms with Gasteiger partial charge >= 0.3 is 0 Å². The monoisotopic (exact) mass is 335 g/mol. The van der Waals surface area contributed by atoms with E-state index in [1.807, 2.05) is 49.4 Å². The molecule has 126 valence electrons. The maximum Gasteiger partial charge on any atom is 0.249 e. The Morgan fingerprint density at radius 3 is 2.72 bits per heavy atom. The number of benzene rings is 1. The van der Waals surface area contributed by atoms with E-state index in [4.69, 9.17) is 10.3 Å². The molecule has 0 saturated heterocycles. The Labute approximate surface area is 143 Å². The second-order valence-electron chi connectivity index (χ2n) is 6.30. The lowest BCUT2D eigenvalue weighted by Crippen LogP contribution is -2.14. The predicted molar refractivity (Wildman–Crippen MR) is 93.3 cm³/mol. The average molecular weight is 335 g/mol. The molecule has 3 heterocycles. The molecule has 0 atom stereocenters. The lowest BCUT2D eigenvalue weighted by atomic mass is 10.0. The molecule has 2 N–H and O–H groups in total. The largest absolute Gasteiger partial charge is 0.366 e. The molecule has 0 aliphatic rings. The molecule has 7 nitrogen and oxygen atoms in total. The number of nitrogens with two attached hydrogens (primary N) is 1. The van der Waals surface area contributed by atoms with Crippen LogP contribution in [0.3, 0.4) is 0 Å². The van der Waals surface area contributed by atoms with E-state index in [0.29, 0.717) is 23.0 Å². The van der Waals surface area contributed by atoms with Crippen molar-refractivity contribution in [1.29, 1.82) is 0 Å². The molecule has 0 aliphatic heterocycles. The van der Waals surface area contributed by atoms with Crippen LogP contribution in [0.4, 0.5) is 0 Å². The Morgan fingerprint density at radius 1 is 1.28 bits per heavy atom. The SMILES string of the molecule is Cc1c(C(N)=O)c2ccccc2n2cnc(-c3noc(C(C)C)n3)c12. The van der Waals surface area contributed by atoms with Crippen LogP contribution in [0, 0.1) is 6.92 Å². The summed E-state index contributed by atoms with van der Waals surface area (Å²) in [5.41, 5.74) is 9.06. The van der Waals surface area contributed by atoms with Crippen LogP contribution in [0.1, 0.15) is 41.6 Å². The number of hydrogen-bond acceptors (Lipinski definition) is 5. The van der Waals surface area contributed by atoms with Gasteiger partial charge in [-0.15, -0.1) is 0 Å². The predicted octanol–water partition coefficient (Wildman–Crippen LogP) is 3.07. The number of rotatable bonds is 3. The van der Waals surface area contributed by atoms with Gasteiger partial charge in [-0.1, -0.05) is 37.2 Å². The van der Waals surface area contributed by atoms with E-state index in [0.717, 1.165) is 22.0 Å². The number of primary amides is 1. The van der Waals surface area contributed by atoms with E-state index in [9.17, 15) is 4.79 Å². The van der Waals surface area contributed by atoms with E-state index in [-0.39, 0.29) is 5.92 Å². The fraction of sp³-hybridized carbons (Fsp3) is 0.222. The van der Waals surface area contributed by atoms with E-state index >= 15 is 0 Å².